The molecule has 0 saturated heterocycles. The summed E-state index contributed by atoms with van der Waals surface area (Å²) in [5.41, 5.74) is 0. The Morgan fingerprint density at radius 3 is 2.89 bits per heavy atom. The van der Waals surface area contributed by atoms with E-state index in [-0.39, 0.29) is 22.9 Å². The molecular weight excluding hydrogens is 254 g/mol. The molecule has 0 aliphatic heterocycles. The lowest BCUT2D eigenvalue weighted by Gasteiger charge is -2.11. The second-order valence-corrected chi connectivity index (χ2v) is 4.47. The van der Waals surface area contributed by atoms with Gasteiger partial charge in [0, 0.05) is 12.5 Å². The Bertz CT molecular complexity index is 504. The van der Waals surface area contributed by atoms with Crippen LogP contribution in [0.5, 0.6) is 0 Å². The minimum atomic E-state index is -0.256. The number of amides is 1. The number of aryl methyl sites for hydroxylation is 1. The van der Waals surface area contributed by atoms with E-state index >= 15 is 0 Å². The number of hydrogen-bond donors (Lipinski definition) is 1. The molecule has 1 atom stereocenters. The largest absolute Gasteiger partial charge is 0.469 e. The molecular formula is C13H14ClNO3. The van der Waals surface area contributed by atoms with Crippen molar-refractivity contribution < 1.29 is 13.6 Å². The summed E-state index contributed by atoms with van der Waals surface area (Å²) < 4.78 is 10.3. The summed E-state index contributed by atoms with van der Waals surface area (Å²) >= 11 is 5.61. The minimum Gasteiger partial charge on any atom is -0.469 e. The molecule has 5 heteroatoms. The van der Waals surface area contributed by atoms with Gasteiger partial charge in [-0.05, 0) is 49.2 Å². The first kappa shape index (κ1) is 12.8. The van der Waals surface area contributed by atoms with Gasteiger partial charge in [0.1, 0.15) is 5.76 Å². The number of furan rings is 2. The van der Waals surface area contributed by atoms with Crippen molar-refractivity contribution in [1.29, 1.82) is 0 Å². The Hall–Kier alpha value is -1.68. The zero-order valence-electron chi connectivity index (χ0n) is 9.98. The normalized spacial score (nSPS) is 12.3. The van der Waals surface area contributed by atoms with Crippen LogP contribution in [-0.4, -0.2) is 11.9 Å². The summed E-state index contributed by atoms with van der Waals surface area (Å²) in [5, 5.41) is 3.05. The van der Waals surface area contributed by atoms with E-state index in [2.05, 4.69) is 5.32 Å². The van der Waals surface area contributed by atoms with Crippen LogP contribution < -0.4 is 5.32 Å². The van der Waals surface area contributed by atoms with Crippen LogP contribution in [0, 0.1) is 0 Å². The molecule has 1 unspecified atom stereocenters. The maximum absolute atomic E-state index is 11.7. The van der Waals surface area contributed by atoms with Crippen molar-refractivity contribution in [3.05, 3.63) is 47.3 Å². The molecule has 96 valence electrons. The lowest BCUT2D eigenvalue weighted by atomic mass is 10.1. The molecule has 0 spiro atoms. The van der Waals surface area contributed by atoms with Gasteiger partial charge in [-0.3, -0.25) is 4.79 Å². The first-order chi connectivity index (χ1) is 8.65. The van der Waals surface area contributed by atoms with Gasteiger partial charge < -0.3 is 14.2 Å². The quantitative estimate of drug-likeness (QED) is 0.904. The topological polar surface area (TPSA) is 55.4 Å². The van der Waals surface area contributed by atoms with Crippen molar-refractivity contribution >= 4 is 17.5 Å². The van der Waals surface area contributed by atoms with Crippen LogP contribution in [-0.2, 0) is 6.42 Å². The second kappa shape index (κ2) is 5.78. The highest BCUT2D eigenvalue weighted by atomic mass is 35.5. The Morgan fingerprint density at radius 1 is 1.44 bits per heavy atom. The van der Waals surface area contributed by atoms with E-state index < -0.39 is 0 Å². The first-order valence-electron chi connectivity index (χ1n) is 5.74. The van der Waals surface area contributed by atoms with Crippen molar-refractivity contribution in [3.63, 3.8) is 0 Å². The molecule has 0 bridgehead atoms. The zero-order chi connectivity index (χ0) is 13.0. The van der Waals surface area contributed by atoms with E-state index in [1.54, 1.807) is 18.4 Å². The van der Waals surface area contributed by atoms with Crippen LogP contribution in [0.25, 0.3) is 0 Å². The van der Waals surface area contributed by atoms with Gasteiger partial charge in [-0.1, -0.05) is 0 Å². The summed E-state index contributed by atoms with van der Waals surface area (Å²) in [6.07, 6.45) is 3.23. The maximum atomic E-state index is 11.7. The molecule has 2 rings (SSSR count). The first-order valence-corrected chi connectivity index (χ1v) is 6.11. The van der Waals surface area contributed by atoms with Gasteiger partial charge in [-0.2, -0.15) is 0 Å². The predicted molar refractivity (Wildman–Crippen MR) is 67.7 cm³/mol. The van der Waals surface area contributed by atoms with E-state index in [4.69, 9.17) is 20.4 Å². The molecule has 1 N–H and O–H groups in total. The molecule has 0 aliphatic rings. The third-order valence-electron chi connectivity index (χ3n) is 2.58. The molecule has 0 saturated carbocycles. The monoisotopic (exact) mass is 267 g/mol. The highest BCUT2D eigenvalue weighted by molar-refractivity contribution is 6.29. The highest BCUT2D eigenvalue weighted by Gasteiger charge is 2.13. The van der Waals surface area contributed by atoms with Crippen molar-refractivity contribution in [2.45, 2.75) is 25.8 Å². The molecule has 1 amide bonds. The zero-order valence-corrected chi connectivity index (χ0v) is 10.7. The van der Waals surface area contributed by atoms with Crippen LogP contribution in [0.15, 0.2) is 39.4 Å². The third kappa shape index (κ3) is 3.40. The Balaban J connectivity index is 1.80. The predicted octanol–water partition coefficient (Wildman–Crippen LogP) is 3.28. The highest BCUT2D eigenvalue weighted by Crippen LogP contribution is 2.13. The van der Waals surface area contributed by atoms with E-state index in [1.165, 1.54) is 0 Å². The van der Waals surface area contributed by atoms with Gasteiger partial charge in [0.2, 0.25) is 0 Å². The molecule has 0 aromatic carbocycles. The SMILES string of the molecule is CC(CCc1ccco1)NC(=O)c1ccc(Cl)o1. The Morgan fingerprint density at radius 2 is 2.28 bits per heavy atom. The van der Waals surface area contributed by atoms with E-state index in [0.717, 1.165) is 18.6 Å². The van der Waals surface area contributed by atoms with Crippen LogP contribution in [0.2, 0.25) is 5.22 Å². The minimum absolute atomic E-state index is 0.0338. The van der Waals surface area contributed by atoms with E-state index in [0.29, 0.717) is 0 Å². The van der Waals surface area contributed by atoms with Crippen LogP contribution in [0.3, 0.4) is 0 Å². The summed E-state index contributed by atoms with van der Waals surface area (Å²) in [7, 11) is 0. The average Bonchev–Trinajstić information content (AvgIpc) is 2.97. The van der Waals surface area contributed by atoms with Crippen molar-refractivity contribution in [2.75, 3.05) is 0 Å². The fourth-order valence-electron chi connectivity index (χ4n) is 1.62. The molecule has 2 aromatic rings. The fraction of sp³-hybridized carbons (Fsp3) is 0.308. The van der Waals surface area contributed by atoms with Crippen molar-refractivity contribution in [2.24, 2.45) is 0 Å². The van der Waals surface area contributed by atoms with Gasteiger partial charge >= 0.3 is 0 Å². The van der Waals surface area contributed by atoms with Gasteiger partial charge in [0.05, 0.1) is 6.26 Å². The summed E-state index contributed by atoms with van der Waals surface area (Å²) in [5.74, 6) is 0.885. The van der Waals surface area contributed by atoms with Crippen LogP contribution in [0.1, 0.15) is 29.7 Å². The number of hydrogen-bond acceptors (Lipinski definition) is 3. The van der Waals surface area contributed by atoms with Crippen molar-refractivity contribution in [1.82, 2.24) is 5.32 Å². The van der Waals surface area contributed by atoms with Crippen molar-refractivity contribution in [3.8, 4) is 0 Å². The van der Waals surface area contributed by atoms with E-state index in [1.807, 2.05) is 19.1 Å². The standard InChI is InChI=1S/C13H14ClNO3/c1-9(4-5-10-3-2-8-17-10)15-13(16)11-6-7-12(14)18-11/h2-3,6-9H,4-5H2,1H3,(H,15,16). The smallest absolute Gasteiger partial charge is 0.287 e. The lowest BCUT2D eigenvalue weighted by molar-refractivity contribution is 0.0910. The molecule has 2 heterocycles. The van der Waals surface area contributed by atoms with Crippen LogP contribution in [0.4, 0.5) is 0 Å². The second-order valence-electron chi connectivity index (χ2n) is 4.10. The van der Waals surface area contributed by atoms with Gasteiger partial charge in [0.15, 0.2) is 11.0 Å². The number of nitrogens with one attached hydrogen (secondary N) is 1. The number of rotatable bonds is 5. The summed E-state index contributed by atoms with van der Waals surface area (Å²) in [6, 6.07) is 6.90. The summed E-state index contributed by atoms with van der Waals surface area (Å²) in [6.45, 7) is 1.94. The summed E-state index contributed by atoms with van der Waals surface area (Å²) in [4.78, 5) is 11.7. The number of carbonyl (C=O) groups is 1. The molecule has 2 aromatic heterocycles. The average molecular weight is 268 g/mol. The number of carbonyl (C=O) groups excluding carboxylic acids is 1. The maximum Gasteiger partial charge on any atom is 0.287 e. The number of halogens is 1. The lowest BCUT2D eigenvalue weighted by Crippen LogP contribution is -2.32. The fourth-order valence-corrected chi connectivity index (χ4v) is 1.76. The Labute approximate surface area is 110 Å². The third-order valence-corrected chi connectivity index (χ3v) is 2.78. The van der Waals surface area contributed by atoms with Gasteiger partial charge in [0.25, 0.3) is 5.91 Å². The molecule has 18 heavy (non-hydrogen) atoms. The molecule has 0 fully saturated rings. The van der Waals surface area contributed by atoms with E-state index in [9.17, 15) is 4.79 Å². The molecule has 0 radical (unpaired) electrons. The van der Waals surface area contributed by atoms with Gasteiger partial charge in [-0.15, -0.1) is 0 Å². The van der Waals surface area contributed by atoms with Crippen LogP contribution >= 0.6 is 11.6 Å². The Kier molecular flexibility index (Phi) is 4.10. The molecule has 0 aliphatic carbocycles. The molecule has 4 nitrogen and oxygen atoms in total. The van der Waals surface area contributed by atoms with Gasteiger partial charge in [-0.25, -0.2) is 0 Å².